The Labute approximate surface area is 64.9 Å². The van der Waals surface area contributed by atoms with Crippen LogP contribution in [0.5, 0.6) is 0 Å². The van der Waals surface area contributed by atoms with Crippen LogP contribution >= 0.6 is 12.2 Å². The van der Waals surface area contributed by atoms with Crippen molar-refractivity contribution >= 4 is 17.3 Å². The van der Waals surface area contributed by atoms with E-state index in [4.69, 9.17) is 21.7 Å². The van der Waals surface area contributed by atoms with Gasteiger partial charge in [0.05, 0.1) is 0 Å². The minimum atomic E-state index is -0.169. The van der Waals surface area contributed by atoms with Crippen LogP contribution in [0.15, 0.2) is 0 Å². The van der Waals surface area contributed by atoms with Gasteiger partial charge >= 0.3 is 0 Å². The van der Waals surface area contributed by atoms with Gasteiger partial charge in [0.1, 0.15) is 0 Å². The van der Waals surface area contributed by atoms with Crippen molar-refractivity contribution in [1.29, 1.82) is 0 Å². The molecule has 0 amide bonds. The van der Waals surface area contributed by atoms with Crippen molar-refractivity contribution in [3.8, 4) is 0 Å². The van der Waals surface area contributed by atoms with Crippen LogP contribution in [-0.4, -0.2) is 31.8 Å². The van der Waals surface area contributed by atoms with Gasteiger partial charge < -0.3 is 20.1 Å². The average molecular weight is 162 g/mol. The maximum atomic E-state index is 5.00. The summed E-state index contributed by atoms with van der Waals surface area (Å²) in [6.45, 7) is 0. The normalized spacial score (nSPS) is 31.6. The van der Waals surface area contributed by atoms with Gasteiger partial charge in [0, 0.05) is 14.2 Å². The van der Waals surface area contributed by atoms with Crippen molar-refractivity contribution in [2.24, 2.45) is 0 Å². The number of hydrogen-bond donors (Lipinski definition) is 2. The van der Waals surface area contributed by atoms with Crippen LogP contribution in [0, 0.1) is 0 Å². The molecule has 0 spiro atoms. The molecule has 0 saturated carbocycles. The molecule has 0 aromatic carbocycles. The van der Waals surface area contributed by atoms with E-state index < -0.39 is 0 Å². The molecule has 1 aliphatic rings. The van der Waals surface area contributed by atoms with Crippen LogP contribution < -0.4 is 10.6 Å². The molecular formula is C5H10N2O2S. The Morgan fingerprint density at radius 1 is 1.20 bits per heavy atom. The average Bonchev–Trinajstić information content (AvgIpc) is 2.30. The third-order valence-electron chi connectivity index (χ3n) is 1.33. The van der Waals surface area contributed by atoms with Crippen LogP contribution in [0.4, 0.5) is 0 Å². The SMILES string of the molecule is CO[C@H]1NC(=S)N[C@H]1OC. The lowest BCUT2D eigenvalue weighted by Gasteiger charge is -2.14. The van der Waals surface area contributed by atoms with E-state index in [-0.39, 0.29) is 12.5 Å². The molecule has 1 fully saturated rings. The van der Waals surface area contributed by atoms with E-state index in [1.807, 2.05) is 0 Å². The highest BCUT2D eigenvalue weighted by Crippen LogP contribution is 2.01. The highest BCUT2D eigenvalue weighted by molar-refractivity contribution is 7.80. The lowest BCUT2D eigenvalue weighted by molar-refractivity contribution is -0.0343. The largest absolute Gasteiger partial charge is 0.357 e. The highest BCUT2D eigenvalue weighted by atomic mass is 32.1. The summed E-state index contributed by atoms with van der Waals surface area (Å²) in [6, 6.07) is 0. The Morgan fingerprint density at radius 2 is 1.60 bits per heavy atom. The Balaban J connectivity index is 2.48. The fraction of sp³-hybridized carbons (Fsp3) is 0.800. The van der Waals surface area contributed by atoms with Crippen molar-refractivity contribution < 1.29 is 9.47 Å². The summed E-state index contributed by atoms with van der Waals surface area (Å²) in [6.07, 6.45) is -0.338. The second-order valence-corrected chi connectivity index (χ2v) is 2.34. The van der Waals surface area contributed by atoms with Gasteiger partial charge in [-0.3, -0.25) is 0 Å². The summed E-state index contributed by atoms with van der Waals surface area (Å²) < 4.78 is 10.00. The summed E-state index contributed by atoms with van der Waals surface area (Å²) >= 11 is 4.82. The quantitative estimate of drug-likeness (QED) is 0.531. The zero-order chi connectivity index (χ0) is 7.56. The van der Waals surface area contributed by atoms with Crippen molar-refractivity contribution in [1.82, 2.24) is 10.6 Å². The monoisotopic (exact) mass is 162 g/mol. The lowest BCUT2D eigenvalue weighted by atomic mass is 10.5. The van der Waals surface area contributed by atoms with Gasteiger partial charge in [0.2, 0.25) is 0 Å². The summed E-state index contributed by atoms with van der Waals surface area (Å²) in [5.41, 5.74) is 0. The predicted molar refractivity (Wildman–Crippen MR) is 40.5 cm³/mol. The van der Waals surface area contributed by atoms with Gasteiger partial charge in [0.25, 0.3) is 0 Å². The first kappa shape index (κ1) is 7.71. The van der Waals surface area contributed by atoms with Gasteiger partial charge in [-0.05, 0) is 12.2 Å². The van der Waals surface area contributed by atoms with E-state index in [1.54, 1.807) is 14.2 Å². The van der Waals surface area contributed by atoms with Crippen molar-refractivity contribution in [3.05, 3.63) is 0 Å². The van der Waals surface area contributed by atoms with Crippen LogP contribution in [0.2, 0.25) is 0 Å². The zero-order valence-corrected chi connectivity index (χ0v) is 6.70. The topological polar surface area (TPSA) is 42.5 Å². The van der Waals surface area contributed by atoms with Gasteiger partial charge in [-0.1, -0.05) is 0 Å². The molecule has 4 nitrogen and oxygen atoms in total. The standard InChI is InChI=1S/C5H10N2O2S/c1-8-3-4(9-2)7-5(10)6-3/h3-4H,1-2H3,(H2,6,7,10)/t3-,4+. The molecule has 0 aliphatic carbocycles. The second kappa shape index (κ2) is 3.14. The molecule has 1 aliphatic heterocycles. The summed E-state index contributed by atoms with van der Waals surface area (Å²) in [7, 11) is 3.19. The van der Waals surface area contributed by atoms with E-state index in [9.17, 15) is 0 Å². The molecule has 0 radical (unpaired) electrons. The Morgan fingerprint density at radius 3 is 1.90 bits per heavy atom. The summed E-state index contributed by atoms with van der Waals surface area (Å²) in [5.74, 6) is 0. The zero-order valence-electron chi connectivity index (χ0n) is 5.88. The molecule has 0 unspecified atom stereocenters. The first-order valence-electron chi connectivity index (χ1n) is 2.90. The number of ether oxygens (including phenoxy) is 2. The maximum Gasteiger partial charge on any atom is 0.174 e. The minimum Gasteiger partial charge on any atom is -0.357 e. The third-order valence-corrected chi connectivity index (χ3v) is 1.57. The molecule has 1 rings (SSSR count). The van der Waals surface area contributed by atoms with Crippen molar-refractivity contribution in [2.45, 2.75) is 12.5 Å². The van der Waals surface area contributed by atoms with E-state index >= 15 is 0 Å². The second-order valence-electron chi connectivity index (χ2n) is 1.93. The molecule has 0 aromatic heterocycles. The van der Waals surface area contributed by atoms with Gasteiger partial charge in [-0.25, -0.2) is 0 Å². The molecule has 2 atom stereocenters. The third kappa shape index (κ3) is 1.36. The molecule has 1 heterocycles. The van der Waals surface area contributed by atoms with Gasteiger partial charge in [-0.2, -0.15) is 0 Å². The van der Waals surface area contributed by atoms with Crippen LogP contribution in [0.25, 0.3) is 0 Å². The number of nitrogens with one attached hydrogen (secondary N) is 2. The predicted octanol–water partition coefficient (Wildman–Crippen LogP) is -0.591. The molecule has 1 saturated heterocycles. The smallest absolute Gasteiger partial charge is 0.174 e. The van der Waals surface area contributed by atoms with E-state index in [1.165, 1.54) is 0 Å². The van der Waals surface area contributed by atoms with Gasteiger partial charge in [0.15, 0.2) is 17.6 Å². The molecule has 5 heteroatoms. The molecule has 10 heavy (non-hydrogen) atoms. The van der Waals surface area contributed by atoms with E-state index in [0.717, 1.165) is 0 Å². The lowest BCUT2D eigenvalue weighted by Crippen LogP contribution is -2.36. The Hall–Kier alpha value is -0.390. The fourth-order valence-corrected chi connectivity index (χ4v) is 1.05. The van der Waals surface area contributed by atoms with Crippen LogP contribution in [0.1, 0.15) is 0 Å². The highest BCUT2D eigenvalue weighted by Gasteiger charge is 2.28. The Kier molecular flexibility index (Phi) is 2.42. The first-order valence-corrected chi connectivity index (χ1v) is 3.31. The van der Waals surface area contributed by atoms with Crippen LogP contribution in [-0.2, 0) is 9.47 Å². The van der Waals surface area contributed by atoms with E-state index in [0.29, 0.717) is 5.11 Å². The summed E-state index contributed by atoms with van der Waals surface area (Å²) in [4.78, 5) is 0. The molecule has 58 valence electrons. The summed E-state index contributed by atoms with van der Waals surface area (Å²) in [5, 5.41) is 6.32. The van der Waals surface area contributed by atoms with Crippen LogP contribution in [0.3, 0.4) is 0 Å². The fourth-order valence-electron chi connectivity index (χ4n) is 0.816. The first-order chi connectivity index (χ1) is 4.77. The maximum absolute atomic E-state index is 5.00. The van der Waals surface area contributed by atoms with Gasteiger partial charge in [-0.15, -0.1) is 0 Å². The Bertz CT molecular complexity index is 128. The number of hydrogen-bond acceptors (Lipinski definition) is 3. The van der Waals surface area contributed by atoms with Crippen molar-refractivity contribution in [2.75, 3.05) is 14.2 Å². The number of rotatable bonds is 2. The number of methoxy groups -OCH3 is 2. The molecule has 0 bridgehead atoms. The molecule has 2 N–H and O–H groups in total. The molecular weight excluding hydrogens is 152 g/mol. The van der Waals surface area contributed by atoms with E-state index in [2.05, 4.69) is 10.6 Å². The minimum absolute atomic E-state index is 0.169. The number of thiocarbonyl (C=S) groups is 1. The molecule has 0 aromatic rings. The van der Waals surface area contributed by atoms with Crippen molar-refractivity contribution in [3.63, 3.8) is 0 Å².